The molecule has 3 aromatic rings. The standard InChI is InChI=1S/C29H34N3O3/c33-28(29(16-8-3-9-17-29)24-12-6-2-7-13-24)34-25-20-32(18-14-22(25)15-19-32)21-26-30-31-27(35-26)23-10-4-1-5-11-23/h1-2,4-7,10-13,22,25H,3,8-9,14-21H2/q+1/t22?,25-,32?/m0/s1. The second-order valence-corrected chi connectivity index (χ2v) is 10.8. The Kier molecular flexibility index (Phi) is 5.93. The van der Waals surface area contributed by atoms with Crippen molar-refractivity contribution in [3.63, 3.8) is 0 Å². The van der Waals surface area contributed by atoms with Gasteiger partial charge in [-0.1, -0.05) is 67.8 Å². The molecule has 1 saturated carbocycles. The number of hydrogen-bond donors (Lipinski definition) is 0. The van der Waals surface area contributed by atoms with Gasteiger partial charge in [0.1, 0.15) is 6.54 Å². The molecule has 4 fully saturated rings. The highest BCUT2D eigenvalue weighted by molar-refractivity contribution is 5.83. The van der Waals surface area contributed by atoms with Crippen LogP contribution in [0.25, 0.3) is 11.5 Å². The maximum Gasteiger partial charge on any atom is 0.317 e. The zero-order valence-electron chi connectivity index (χ0n) is 20.3. The van der Waals surface area contributed by atoms with Crippen LogP contribution in [0.2, 0.25) is 0 Å². The van der Waals surface area contributed by atoms with Crippen molar-refractivity contribution in [3.8, 4) is 11.5 Å². The van der Waals surface area contributed by atoms with Crippen LogP contribution >= 0.6 is 0 Å². The topological polar surface area (TPSA) is 65.2 Å². The lowest BCUT2D eigenvalue weighted by molar-refractivity contribution is -0.959. The summed E-state index contributed by atoms with van der Waals surface area (Å²) in [6.45, 7) is 3.69. The Bertz CT molecular complexity index is 1150. The van der Waals surface area contributed by atoms with Gasteiger partial charge in [-0.05, 0) is 30.5 Å². The number of nitrogens with zero attached hydrogens (tertiary/aromatic N) is 3. The molecule has 2 aromatic carbocycles. The first-order valence-electron chi connectivity index (χ1n) is 13.2. The van der Waals surface area contributed by atoms with Crippen LogP contribution in [0.15, 0.2) is 65.1 Å². The van der Waals surface area contributed by atoms with E-state index in [1.807, 2.05) is 48.5 Å². The summed E-state index contributed by atoms with van der Waals surface area (Å²) in [5.74, 6) is 1.68. The van der Waals surface area contributed by atoms with Gasteiger partial charge < -0.3 is 13.6 Å². The lowest BCUT2D eigenvalue weighted by Crippen LogP contribution is -2.64. The van der Waals surface area contributed by atoms with E-state index in [4.69, 9.17) is 9.15 Å². The van der Waals surface area contributed by atoms with Crippen molar-refractivity contribution in [2.24, 2.45) is 5.92 Å². The molecule has 1 aliphatic carbocycles. The van der Waals surface area contributed by atoms with E-state index in [1.54, 1.807) is 0 Å². The highest BCUT2D eigenvalue weighted by Crippen LogP contribution is 2.43. The Balaban J connectivity index is 1.19. The van der Waals surface area contributed by atoms with E-state index in [9.17, 15) is 4.79 Å². The van der Waals surface area contributed by atoms with Gasteiger partial charge in [-0.3, -0.25) is 4.79 Å². The van der Waals surface area contributed by atoms with Gasteiger partial charge in [0.25, 0.3) is 5.89 Å². The number of quaternary nitrogens is 1. The first kappa shape index (κ1) is 22.5. The number of benzene rings is 2. The summed E-state index contributed by atoms with van der Waals surface area (Å²) in [5, 5.41) is 8.66. The number of carbonyl (C=O) groups excluding carboxylic acids is 1. The molecule has 182 valence electrons. The number of esters is 1. The summed E-state index contributed by atoms with van der Waals surface area (Å²) < 4.78 is 13.4. The smallest absolute Gasteiger partial charge is 0.317 e. The molecule has 4 heterocycles. The molecule has 4 aliphatic rings. The van der Waals surface area contributed by atoms with Gasteiger partial charge in [0.05, 0.1) is 18.5 Å². The maximum absolute atomic E-state index is 13.8. The molecule has 0 unspecified atom stereocenters. The van der Waals surface area contributed by atoms with Gasteiger partial charge in [0.2, 0.25) is 5.89 Å². The molecule has 6 nitrogen and oxygen atoms in total. The van der Waals surface area contributed by atoms with Crippen LogP contribution in [-0.4, -0.2) is 46.4 Å². The van der Waals surface area contributed by atoms with E-state index in [2.05, 4.69) is 22.3 Å². The minimum absolute atomic E-state index is 0.00976. The van der Waals surface area contributed by atoms with Gasteiger partial charge >= 0.3 is 5.97 Å². The second-order valence-electron chi connectivity index (χ2n) is 10.8. The van der Waals surface area contributed by atoms with Crippen LogP contribution in [0.1, 0.15) is 56.4 Å². The Morgan fingerprint density at radius 2 is 1.63 bits per heavy atom. The molecular weight excluding hydrogens is 438 g/mol. The monoisotopic (exact) mass is 472 g/mol. The zero-order chi connectivity index (χ0) is 23.7. The molecule has 2 bridgehead atoms. The van der Waals surface area contributed by atoms with Crippen molar-refractivity contribution in [1.82, 2.24) is 10.2 Å². The number of rotatable bonds is 6. The number of ether oxygens (including phenoxy) is 1. The van der Waals surface area contributed by atoms with Crippen molar-refractivity contribution < 1.29 is 18.4 Å². The fourth-order valence-corrected chi connectivity index (χ4v) is 6.65. The summed E-state index contributed by atoms with van der Waals surface area (Å²) in [6, 6.07) is 20.2. The third-order valence-corrected chi connectivity index (χ3v) is 8.68. The number of fused-ring (bicyclic) bond motifs is 3. The van der Waals surface area contributed by atoms with Crippen LogP contribution in [0.3, 0.4) is 0 Å². The molecule has 0 N–H and O–H groups in total. The SMILES string of the molecule is O=C(O[C@H]1C[N+]2(Cc3nnc(-c4ccccc4)o3)CCC1CC2)C1(c2ccccc2)CCCCC1. The number of carbonyl (C=O) groups is 1. The Morgan fingerprint density at radius 3 is 2.34 bits per heavy atom. The summed E-state index contributed by atoms with van der Waals surface area (Å²) in [7, 11) is 0. The van der Waals surface area contributed by atoms with Crippen LogP contribution in [-0.2, 0) is 21.5 Å². The van der Waals surface area contributed by atoms with Crippen molar-refractivity contribution in [2.45, 2.75) is 63.0 Å². The molecule has 1 aromatic heterocycles. The first-order valence-corrected chi connectivity index (χ1v) is 13.2. The fourth-order valence-electron chi connectivity index (χ4n) is 6.65. The lowest BCUT2D eigenvalue weighted by atomic mass is 9.69. The summed E-state index contributed by atoms with van der Waals surface area (Å²) in [4.78, 5) is 13.8. The average molecular weight is 473 g/mol. The largest absolute Gasteiger partial charge is 0.455 e. The van der Waals surface area contributed by atoms with Gasteiger partial charge in [-0.2, -0.15) is 0 Å². The van der Waals surface area contributed by atoms with Crippen LogP contribution in [0, 0.1) is 5.92 Å². The van der Waals surface area contributed by atoms with E-state index in [0.29, 0.717) is 24.2 Å². The van der Waals surface area contributed by atoms with Crippen LogP contribution in [0.5, 0.6) is 0 Å². The van der Waals surface area contributed by atoms with E-state index in [-0.39, 0.29) is 12.1 Å². The van der Waals surface area contributed by atoms with Gasteiger partial charge in [-0.25, -0.2) is 0 Å². The van der Waals surface area contributed by atoms with Crippen molar-refractivity contribution in [1.29, 1.82) is 0 Å². The Labute approximate surface area is 206 Å². The summed E-state index contributed by atoms with van der Waals surface area (Å²) in [6.07, 6.45) is 7.26. The minimum atomic E-state index is -0.493. The quantitative estimate of drug-likeness (QED) is 0.360. The molecule has 6 heteroatoms. The highest BCUT2D eigenvalue weighted by Gasteiger charge is 2.51. The third kappa shape index (κ3) is 4.29. The summed E-state index contributed by atoms with van der Waals surface area (Å²) >= 11 is 0. The molecular formula is C29H34N3O3+. The third-order valence-electron chi connectivity index (χ3n) is 8.68. The van der Waals surface area contributed by atoms with Crippen molar-refractivity contribution in [3.05, 3.63) is 72.1 Å². The van der Waals surface area contributed by atoms with E-state index in [0.717, 1.165) is 73.8 Å². The van der Waals surface area contributed by atoms with E-state index in [1.165, 1.54) is 6.42 Å². The molecule has 0 spiro atoms. The minimum Gasteiger partial charge on any atom is -0.455 e. The Morgan fingerprint density at radius 1 is 0.943 bits per heavy atom. The molecule has 1 atom stereocenters. The van der Waals surface area contributed by atoms with Gasteiger partial charge in [0.15, 0.2) is 12.6 Å². The molecule has 0 radical (unpaired) electrons. The Hall–Kier alpha value is -2.99. The first-order chi connectivity index (χ1) is 17.2. The number of hydrogen-bond acceptors (Lipinski definition) is 5. The molecule has 35 heavy (non-hydrogen) atoms. The second kappa shape index (κ2) is 9.23. The highest BCUT2D eigenvalue weighted by atomic mass is 16.5. The van der Waals surface area contributed by atoms with Crippen LogP contribution in [0.4, 0.5) is 0 Å². The molecule has 3 saturated heterocycles. The van der Waals surface area contributed by atoms with E-state index >= 15 is 0 Å². The van der Waals surface area contributed by atoms with Gasteiger partial charge in [0, 0.05) is 24.3 Å². The predicted octanol–water partition coefficient (Wildman–Crippen LogP) is 5.29. The fraction of sp³-hybridized carbons (Fsp3) is 0.483. The molecule has 0 amide bonds. The zero-order valence-corrected chi connectivity index (χ0v) is 20.3. The van der Waals surface area contributed by atoms with E-state index < -0.39 is 5.41 Å². The van der Waals surface area contributed by atoms with Crippen LogP contribution < -0.4 is 0 Å². The maximum atomic E-state index is 13.8. The number of piperidine rings is 3. The summed E-state index contributed by atoms with van der Waals surface area (Å²) in [5.41, 5.74) is 1.57. The normalized spacial score (nSPS) is 27.4. The molecule has 7 rings (SSSR count). The van der Waals surface area contributed by atoms with Gasteiger partial charge in [-0.15, -0.1) is 10.2 Å². The lowest BCUT2D eigenvalue weighted by Gasteiger charge is -2.52. The molecule has 3 aliphatic heterocycles. The van der Waals surface area contributed by atoms with Crippen molar-refractivity contribution >= 4 is 5.97 Å². The number of aromatic nitrogens is 2. The van der Waals surface area contributed by atoms with Crippen molar-refractivity contribution in [2.75, 3.05) is 19.6 Å². The average Bonchev–Trinajstić information content (AvgIpc) is 3.38. The predicted molar refractivity (Wildman–Crippen MR) is 132 cm³/mol.